The molecule has 0 bridgehead atoms. The average molecular weight is 358 g/mol. The summed E-state index contributed by atoms with van der Waals surface area (Å²) in [5, 5.41) is 2.55. The topological polar surface area (TPSA) is 58.6 Å². The summed E-state index contributed by atoms with van der Waals surface area (Å²) in [7, 11) is 1.52. The van der Waals surface area contributed by atoms with Crippen molar-refractivity contribution in [1.82, 2.24) is 10.2 Å². The molecule has 0 heterocycles. The largest absolute Gasteiger partial charge is 0.481 e. The molecule has 5 nitrogen and oxygen atoms in total. The molecule has 0 aliphatic heterocycles. The van der Waals surface area contributed by atoms with Crippen molar-refractivity contribution in [2.24, 2.45) is 0 Å². The molecule has 0 aromatic heterocycles. The van der Waals surface area contributed by atoms with Crippen molar-refractivity contribution in [2.75, 3.05) is 13.7 Å². The number of likely N-dealkylation sites (N-methyl/N-ethyl adjacent to an activating group) is 1. The van der Waals surface area contributed by atoms with E-state index in [1.165, 1.54) is 24.1 Å². The van der Waals surface area contributed by atoms with Crippen LogP contribution in [0.2, 0.25) is 0 Å². The van der Waals surface area contributed by atoms with E-state index >= 15 is 0 Å². The van der Waals surface area contributed by atoms with E-state index in [-0.39, 0.29) is 24.8 Å². The van der Waals surface area contributed by atoms with Gasteiger partial charge in [0.15, 0.2) is 18.2 Å². The van der Waals surface area contributed by atoms with E-state index in [2.05, 4.69) is 5.32 Å². The second-order valence-electron chi connectivity index (χ2n) is 6.02. The number of ether oxygens (including phenoxy) is 1. The lowest BCUT2D eigenvalue weighted by Crippen LogP contribution is -2.48. The monoisotopic (exact) mass is 358 g/mol. The molecular formula is C20H23FN2O3. The molecule has 2 aromatic rings. The number of amides is 2. The van der Waals surface area contributed by atoms with Crippen molar-refractivity contribution in [3.8, 4) is 5.75 Å². The third-order valence-electron chi connectivity index (χ3n) is 4.04. The van der Waals surface area contributed by atoms with Crippen LogP contribution in [0.5, 0.6) is 5.75 Å². The Bertz CT molecular complexity index is 779. The number of carbonyl (C=O) groups excluding carboxylic acids is 2. The average Bonchev–Trinajstić information content (AvgIpc) is 2.64. The highest BCUT2D eigenvalue weighted by Crippen LogP contribution is 2.16. The van der Waals surface area contributed by atoms with E-state index < -0.39 is 17.8 Å². The summed E-state index contributed by atoms with van der Waals surface area (Å²) in [6.07, 6.45) is 0. The van der Waals surface area contributed by atoms with Gasteiger partial charge < -0.3 is 15.0 Å². The molecule has 1 N–H and O–H groups in total. The number of para-hydroxylation sites is 1. The second kappa shape index (κ2) is 8.99. The third-order valence-corrected chi connectivity index (χ3v) is 4.04. The third kappa shape index (κ3) is 5.05. The number of benzene rings is 2. The molecule has 0 radical (unpaired) electrons. The van der Waals surface area contributed by atoms with Gasteiger partial charge in [-0.25, -0.2) is 4.39 Å². The molecule has 2 amide bonds. The number of hydrogen-bond donors (Lipinski definition) is 1. The predicted molar refractivity (Wildman–Crippen MR) is 97.2 cm³/mol. The van der Waals surface area contributed by atoms with Crippen LogP contribution in [0.15, 0.2) is 48.5 Å². The first-order valence-corrected chi connectivity index (χ1v) is 8.36. The molecule has 2 aromatic carbocycles. The zero-order chi connectivity index (χ0) is 19.1. The molecule has 0 aliphatic carbocycles. The molecule has 0 spiro atoms. The maximum atomic E-state index is 13.7. The Kier molecular flexibility index (Phi) is 6.72. The molecule has 26 heavy (non-hydrogen) atoms. The maximum Gasteiger partial charge on any atom is 0.261 e. The van der Waals surface area contributed by atoms with E-state index in [0.29, 0.717) is 0 Å². The van der Waals surface area contributed by atoms with Crippen molar-refractivity contribution in [1.29, 1.82) is 0 Å². The minimum absolute atomic E-state index is 0.00366. The lowest BCUT2D eigenvalue weighted by molar-refractivity contribution is -0.142. The number of hydrogen-bond acceptors (Lipinski definition) is 3. The van der Waals surface area contributed by atoms with Gasteiger partial charge in [0, 0.05) is 13.6 Å². The first kappa shape index (κ1) is 19.4. The minimum Gasteiger partial charge on any atom is -0.481 e. The van der Waals surface area contributed by atoms with Gasteiger partial charge >= 0.3 is 0 Å². The summed E-state index contributed by atoms with van der Waals surface area (Å²) in [5.74, 6) is -1.21. The minimum atomic E-state index is -0.683. The molecular weight excluding hydrogens is 335 g/mol. The molecule has 2 rings (SSSR count). The Hall–Kier alpha value is -2.89. The number of aryl methyl sites for hydroxylation is 1. The van der Waals surface area contributed by atoms with Crippen molar-refractivity contribution in [2.45, 2.75) is 26.4 Å². The number of nitrogens with one attached hydrogen (secondary N) is 1. The van der Waals surface area contributed by atoms with E-state index in [1.54, 1.807) is 19.1 Å². The van der Waals surface area contributed by atoms with Gasteiger partial charge in [-0.05, 0) is 31.5 Å². The molecule has 0 saturated carbocycles. The van der Waals surface area contributed by atoms with Crippen LogP contribution in [0.25, 0.3) is 0 Å². The number of carbonyl (C=O) groups is 2. The fraction of sp³-hybridized carbons (Fsp3) is 0.300. The summed E-state index contributed by atoms with van der Waals surface area (Å²) in [6, 6.07) is 12.9. The zero-order valence-corrected chi connectivity index (χ0v) is 15.2. The number of rotatable bonds is 7. The Morgan fingerprint density at radius 1 is 1.19 bits per heavy atom. The van der Waals surface area contributed by atoms with Gasteiger partial charge in [0.05, 0.1) is 0 Å². The normalized spacial score (nSPS) is 11.5. The van der Waals surface area contributed by atoms with Gasteiger partial charge in [-0.15, -0.1) is 0 Å². The van der Waals surface area contributed by atoms with Crippen molar-refractivity contribution >= 4 is 11.8 Å². The highest BCUT2D eigenvalue weighted by atomic mass is 19.1. The van der Waals surface area contributed by atoms with E-state index in [1.807, 2.05) is 31.2 Å². The maximum absolute atomic E-state index is 13.7. The van der Waals surface area contributed by atoms with Gasteiger partial charge in [-0.2, -0.15) is 0 Å². The Morgan fingerprint density at radius 3 is 2.58 bits per heavy atom. The Balaban J connectivity index is 2.15. The molecule has 0 unspecified atom stereocenters. The van der Waals surface area contributed by atoms with Crippen molar-refractivity contribution < 1.29 is 18.7 Å². The van der Waals surface area contributed by atoms with Gasteiger partial charge in [-0.1, -0.05) is 42.0 Å². The van der Waals surface area contributed by atoms with E-state index in [0.717, 1.165) is 11.1 Å². The Morgan fingerprint density at radius 2 is 1.92 bits per heavy atom. The molecule has 6 heteroatoms. The van der Waals surface area contributed by atoms with Gasteiger partial charge in [0.1, 0.15) is 6.04 Å². The highest BCUT2D eigenvalue weighted by molar-refractivity contribution is 5.87. The Labute approximate surface area is 152 Å². The first-order chi connectivity index (χ1) is 12.4. The van der Waals surface area contributed by atoms with Crippen LogP contribution in [0, 0.1) is 12.7 Å². The molecule has 1 atom stereocenters. The molecule has 138 valence electrons. The van der Waals surface area contributed by atoms with Crippen molar-refractivity contribution in [3.63, 3.8) is 0 Å². The smallest absolute Gasteiger partial charge is 0.261 e. The van der Waals surface area contributed by atoms with Crippen LogP contribution in [-0.2, 0) is 16.1 Å². The van der Waals surface area contributed by atoms with Crippen LogP contribution in [0.4, 0.5) is 4.39 Å². The van der Waals surface area contributed by atoms with Gasteiger partial charge in [0.25, 0.3) is 5.91 Å². The predicted octanol–water partition coefficient (Wildman–Crippen LogP) is 2.68. The van der Waals surface area contributed by atoms with Crippen LogP contribution in [-0.4, -0.2) is 36.4 Å². The lowest BCUT2D eigenvalue weighted by Gasteiger charge is -2.28. The quantitative estimate of drug-likeness (QED) is 0.828. The van der Waals surface area contributed by atoms with Crippen LogP contribution >= 0.6 is 0 Å². The second-order valence-corrected chi connectivity index (χ2v) is 6.02. The number of nitrogens with zero attached hydrogens (tertiary/aromatic N) is 1. The fourth-order valence-corrected chi connectivity index (χ4v) is 2.58. The summed E-state index contributed by atoms with van der Waals surface area (Å²) in [6.45, 7) is 3.51. The first-order valence-electron chi connectivity index (χ1n) is 8.36. The summed E-state index contributed by atoms with van der Waals surface area (Å²) >= 11 is 0. The SMILES string of the molecule is CNC(=O)[C@H](C)N(Cc1cccc(C)c1)C(=O)COc1ccccc1F. The van der Waals surface area contributed by atoms with E-state index in [4.69, 9.17) is 4.74 Å². The van der Waals surface area contributed by atoms with Crippen LogP contribution in [0.3, 0.4) is 0 Å². The van der Waals surface area contributed by atoms with Gasteiger partial charge in [0.2, 0.25) is 5.91 Å². The molecule has 0 fully saturated rings. The van der Waals surface area contributed by atoms with Crippen LogP contribution in [0.1, 0.15) is 18.1 Å². The fourth-order valence-electron chi connectivity index (χ4n) is 2.58. The highest BCUT2D eigenvalue weighted by Gasteiger charge is 2.26. The standard InChI is InChI=1S/C20H23FN2O3/c1-14-7-6-8-16(11-14)12-23(15(2)20(25)22-3)19(24)13-26-18-10-5-4-9-17(18)21/h4-11,15H,12-13H2,1-3H3,(H,22,25)/t15-/m0/s1. The summed E-state index contributed by atoms with van der Waals surface area (Å²) in [5.41, 5.74) is 1.96. The molecule has 0 saturated heterocycles. The van der Waals surface area contributed by atoms with Gasteiger partial charge in [-0.3, -0.25) is 9.59 Å². The lowest BCUT2D eigenvalue weighted by atomic mass is 10.1. The number of halogens is 1. The van der Waals surface area contributed by atoms with E-state index in [9.17, 15) is 14.0 Å². The van der Waals surface area contributed by atoms with Crippen LogP contribution < -0.4 is 10.1 Å². The zero-order valence-electron chi connectivity index (χ0n) is 15.2. The summed E-state index contributed by atoms with van der Waals surface area (Å²) in [4.78, 5) is 26.1. The summed E-state index contributed by atoms with van der Waals surface area (Å²) < 4.78 is 19.0. The van der Waals surface area contributed by atoms with Crippen molar-refractivity contribution in [3.05, 3.63) is 65.5 Å². The molecule has 0 aliphatic rings.